The number of carbonyl (C=O) groups excluding carboxylic acids is 3. The number of carbonyl (C=O) groups is 3. The van der Waals surface area contributed by atoms with Gasteiger partial charge in [0.2, 0.25) is 11.8 Å². The van der Waals surface area contributed by atoms with Crippen LogP contribution in [0.3, 0.4) is 0 Å². The largest absolute Gasteiger partial charge is 0.705 e. The summed E-state index contributed by atoms with van der Waals surface area (Å²) in [4.78, 5) is 54.0. The van der Waals surface area contributed by atoms with Gasteiger partial charge in [0.25, 0.3) is 0 Å². The van der Waals surface area contributed by atoms with Crippen LogP contribution in [0.4, 0.5) is 0 Å². The third kappa shape index (κ3) is 27.5. The van der Waals surface area contributed by atoms with Crippen molar-refractivity contribution in [1.82, 2.24) is 10.6 Å². The molecule has 0 spiro atoms. The van der Waals surface area contributed by atoms with Crippen molar-refractivity contribution in [2.24, 2.45) is 5.41 Å². The van der Waals surface area contributed by atoms with Crippen LogP contribution in [0.15, 0.2) is 12.2 Å². The fourth-order valence-electron chi connectivity index (χ4n) is 3.73. The van der Waals surface area contributed by atoms with Gasteiger partial charge in [-0.05, 0) is 41.8 Å². The van der Waals surface area contributed by atoms with Crippen molar-refractivity contribution < 1.29 is 42.1 Å². The summed E-state index contributed by atoms with van der Waals surface area (Å²) < 4.78 is 30.6. The lowest BCUT2D eigenvalue weighted by Gasteiger charge is -2.23. The minimum absolute atomic E-state index is 0.0687. The number of unbranched alkanes of at least 4 members (excludes halogenated alkanes) is 9. The fraction of sp³-hybridized carbons (Fsp3) is 0.815. The highest BCUT2D eigenvalue weighted by Gasteiger charge is 2.37. The Labute approximate surface area is 250 Å². The molecular weight excluding hydrogens is 590 g/mol. The monoisotopic (exact) mass is 641 g/mol. The van der Waals surface area contributed by atoms with Crippen LogP contribution < -0.4 is 10.6 Å². The maximum atomic E-state index is 12.1. The van der Waals surface area contributed by atoms with E-state index in [-0.39, 0.29) is 42.9 Å². The van der Waals surface area contributed by atoms with Crippen molar-refractivity contribution in [3.05, 3.63) is 12.2 Å². The molecule has 0 bridgehead atoms. The second kappa shape index (κ2) is 24.3. The molecule has 2 amide bonds. The molecule has 0 aromatic heterocycles. The van der Waals surface area contributed by atoms with Crippen molar-refractivity contribution in [2.45, 2.75) is 111 Å². The predicted octanol–water partition coefficient (Wildman–Crippen LogP) is 6.33. The number of amides is 2. The Kier molecular flexibility index (Phi) is 23.7. The number of rotatable bonds is 26. The molecule has 41 heavy (non-hydrogen) atoms. The lowest BCUT2D eigenvalue weighted by atomic mass is 9.90. The Morgan fingerprint density at radius 2 is 1.49 bits per heavy atom. The van der Waals surface area contributed by atoms with Crippen LogP contribution in [0.5, 0.6) is 0 Å². The average Bonchev–Trinajstić information content (AvgIpc) is 2.87. The molecule has 0 aromatic rings. The van der Waals surface area contributed by atoms with E-state index < -0.39 is 21.5 Å². The highest BCUT2D eigenvalue weighted by molar-refractivity contribution is 8.13. The van der Waals surface area contributed by atoms with Gasteiger partial charge < -0.3 is 10.6 Å². The standard InChI is InChI=1S/C27H50N2O9P2S/c1-4-5-6-7-8-9-10-11-12-13-14-15-16-17-26(32)41-21-20-29-24(30)18-19-28-25(31)22-27(2,3)23-37-40(35,36)38-39(33)34/h9-10H,4-8,11-23H2,1-3H3,(H3-,28,29,30,31,33,34,35,36)/p+1. The molecule has 0 fully saturated rings. The topological polar surface area (TPSA) is 168 Å². The normalized spacial score (nSPS) is 13.6. The first kappa shape index (κ1) is 39.9. The van der Waals surface area contributed by atoms with Gasteiger partial charge in [0.15, 0.2) is 5.12 Å². The van der Waals surface area contributed by atoms with E-state index in [1.807, 2.05) is 0 Å². The number of phosphoric acid groups is 1. The van der Waals surface area contributed by atoms with Gasteiger partial charge in [-0.3, -0.25) is 23.8 Å². The Balaban J connectivity index is 3.75. The van der Waals surface area contributed by atoms with Crippen LogP contribution in [-0.2, 0) is 32.3 Å². The van der Waals surface area contributed by atoms with E-state index in [2.05, 4.69) is 38.5 Å². The smallest absolute Gasteiger partial charge is 0.356 e. The first-order chi connectivity index (χ1) is 19.4. The predicted molar refractivity (Wildman–Crippen MR) is 163 cm³/mol. The maximum Gasteiger partial charge on any atom is 0.705 e. The molecule has 0 saturated carbocycles. The van der Waals surface area contributed by atoms with Gasteiger partial charge in [-0.2, -0.15) is 0 Å². The molecular formula is C27H51N2O9P2S+. The number of hydrogen-bond donors (Lipinski definition) is 4. The summed E-state index contributed by atoms with van der Waals surface area (Å²) in [6.45, 7) is 5.54. The van der Waals surface area contributed by atoms with Crippen LogP contribution in [0.25, 0.3) is 0 Å². The van der Waals surface area contributed by atoms with Crippen LogP contribution in [0.1, 0.15) is 111 Å². The van der Waals surface area contributed by atoms with Crippen molar-refractivity contribution in [1.29, 1.82) is 0 Å². The molecule has 0 aromatic carbocycles. The van der Waals surface area contributed by atoms with Crippen molar-refractivity contribution >= 4 is 44.8 Å². The van der Waals surface area contributed by atoms with E-state index in [0.29, 0.717) is 18.7 Å². The molecule has 0 rings (SSSR count). The summed E-state index contributed by atoms with van der Waals surface area (Å²) in [5, 5.41) is 5.46. The first-order valence-electron chi connectivity index (χ1n) is 14.5. The summed E-state index contributed by atoms with van der Waals surface area (Å²) in [7, 11) is -8.01. The second-order valence-electron chi connectivity index (χ2n) is 10.7. The van der Waals surface area contributed by atoms with Crippen LogP contribution in [0, 0.1) is 5.41 Å². The van der Waals surface area contributed by atoms with E-state index in [1.165, 1.54) is 56.7 Å². The number of hydrogen-bond acceptors (Lipinski definition) is 8. The number of thioether (sulfide) groups is 1. The summed E-state index contributed by atoms with van der Waals surface area (Å²) in [5.41, 5.74) is -0.872. The van der Waals surface area contributed by atoms with E-state index >= 15 is 0 Å². The number of nitrogens with one attached hydrogen (secondary N) is 2. The molecule has 0 aliphatic heterocycles. The molecule has 0 aliphatic carbocycles. The highest BCUT2D eigenvalue weighted by atomic mass is 32.2. The van der Waals surface area contributed by atoms with Gasteiger partial charge >= 0.3 is 16.1 Å². The molecule has 0 radical (unpaired) electrons. The molecule has 0 saturated heterocycles. The molecule has 238 valence electrons. The van der Waals surface area contributed by atoms with Gasteiger partial charge in [-0.1, -0.05) is 83.2 Å². The zero-order valence-corrected chi connectivity index (χ0v) is 27.5. The lowest BCUT2D eigenvalue weighted by Crippen LogP contribution is -2.34. The number of phosphoric ester groups is 1. The van der Waals surface area contributed by atoms with E-state index in [4.69, 9.17) is 4.89 Å². The summed E-state index contributed by atoms with van der Waals surface area (Å²) in [6, 6.07) is 0. The summed E-state index contributed by atoms with van der Waals surface area (Å²) in [6.07, 6.45) is 18.2. The Bertz CT molecular complexity index is 857. The van der Waals surface area contributed by atoms with Gasteiger partial charge in [-0.25, -0.2) is 4.57 Å². The molecule has 4 N–H and O–H groups in total. The van der Waals surface area contributed by atoms with Gasteiger partial charge in [0, 0.05) is 42.7 Å². The van der Waals surface area contributed by atoms with Gasteiger partial charge in [0.1, 0.15) is 0 Å². The minimum atomic E-state index is -4.70. The Morgan fingerprint density at radius 3 is 2.12 bits per heavy atom. The summed E-state index contributed by atoms with van der Waals surface area (Å²) >= 11 is 1.23. The molecule has 2 unspecified atom stereocenters. The van der Waals surface area contributed by atoms with Crippen LogP contribution in [0.2, 0.25) is 0 Å². The zero-order chi connectivity index (χ0) is 31.0. The fourth-order valence-corrected chi connectivity index (χ4v) is 5.86. The zero-order valence-electron chi connectivity index (χ0n) is 24.9. The van der Waals surface area contributed by atoms with Crippen LogP contribution >= 0.6 is 27.8 Å². The first-order valence-corrected chi connectivity index (χ1v) is 18.1. The lowest BCUT2D eigenvalue weighted by molar-refractivity contribution is -0.124. The molecule has 0 heterocycles. The SMILES string of the molecule is CCCCCCC=CCCCCCCCC(=O)SCCNC(=O)CCNC(=O)CC(C)(C)COP(=O)(O)O[P+](=O)O. The molecule has 0 aliphatic rings. The number of allylic oxidation sites excluding steroid dienone is 2. The average molecular weight is 642 g/mol. The third-order valence-corrected chi connectivity index (χ3v) is 8.71. The Hall–Kier alpha value is -1.13. The van der Waals surface area contributed by atoms with Crippen molar-refractivity contribution in [3.63, 3.8) is 0 Å². The quantitative estimate of drug-likeness (QED) is 0.0476. The highest BCUT2D eigenvalue weighted by Crippen LogP contribution is 2.51. The second-order valence-corrected chi connectivity index (χ2v) is 14.2. The minimum Gasteiger partial charge on any atom is -0.356 e. The van der Waals surface area contributed by atoms with E-state index in [9.17, 15) is 28.4 Å². The molecule has 14 heteroatoms. The van der Waals surface area contributed by atoms with Gasteiger partial charge in [-0.15, -0.1) is 4.89 Å². The third-order valence-electron chi connectivity index (χ3n) is 5.93. The van der Waals surface area contributed by atoms with E-state index in [0.717, 1.165) is 25.7 Å². The van der Waals surface area contributed by atoms with Gasteiger partial charge in [0.05, 0.1) is 6.61 Å². The van der Waals surface area contributed by atoms with Crippen LogP contribution in [-0.4, -0.2) is 52.2 Å². The molecule has 2 atom stereocenters. The van der Waals surface area contributed by atoms with Crippen molar-refractivity contribution in [2.75, 3.05) is 25.4 Å². The van der Waals surface area contributed by atoms with E-state index in [1.54, 1.807) is 13.8 Å². The Morgan fingerprint density at radius 1 is 0.902 bits per heavy atom. The maximum absolute atomic E-state index is 12.1. The summed E-state index contributed by atoms with van der Waals surface area (Å²) in [5.74, 6) is -0.137. The molecule has 11 nitrogen and oxygen atoms in total. The van der Waals surface area contributed by atoms with Crippen molar-refractivity contribution in [3.8, 4) is 0 Å².